The van der Waals surface area contributed by atoms with Crippen LogP contribution in [0.2, 0.25) is 0 Å². The average molecular weight is 519 g/mol. The van der Waals surface area contributed by atoms with Crippen molar-refractivity contribution in [2.75, 3.05) is 50.8 Å². The number of para-hydroxylation sites is 2. The van der Waals surface area contributed by atoms with Gasteiger partial charge in [0.15, 0.2) is 6.61 Å². The first-order valence-corrected chi connectivity index (χ1v) is 14.5. The summed E-state index contributed by atoms with van der Waals surface area (Å²) in [7, 11) is 0. The first-order chi connectivity index (χ1) is 18.7. The summed E-state index contributed by atoms with van der Waals surface area (Å²) in [5.74, 6) is 0.755. The number of carbonyl (C=O) groups is 2. The fourth-order valence-corrected chi connectivity index (χ4v) is 6.21. The molecule has 5 rings (SSSR count). The lowest BCUT2D eigenvalue weighted by atomic mass is 10.0. The van der Waals surface area contributed by atoms with Gasteiger partial charge < -0.3 is 19.9 Å². The van der Waals surface area contributed by atoms with E-state index in [1.807, 2.05) is 53.4 Å². The molecule has 204 valence electrons. The topological polar surface area (TPSA) is 65.1 Å². The number of nitrogens with one attached hydrogen (secondary N) is 1. The Balaban J connectivity index is 1.11. The molecule has 2 heterocycles. The third-order valence-electron chi connectivity index (χ3n) is 8.39. The molecule has 3 fully saturated rings. The van der Waals surface area contributed by atoms with E-state index in [1.54, 1.807) is 0 Å². The summed E-state index contributed by atoms with van der Waals surface area (Å²) < 4.78 is 5.58. The molecular formula is C31H42N4O3. The maximum Gasteiger partial charge on any atom is 0.258 e. The van der Waals surface area contributed by atoms with Gasteiger partial charge in [0.05, 0.1) is 5.56 Å². The second-order valence-corrected chi connectivity index (χ2v) is 10.9. The molecule has 2 aromatic rings. The quantitative estimate of drug-likeness (QED) is 0.553. The van der Waals surface area contributed by atoms with Gasteiger partial charge in [-0.25, -0.2) is 0 Å². The first-order valence-electron chi connectivity index (χ1n) is 14.5. The highest BCUT2D eigenvalue weighted by Gasteiger charge is 2.29. The Hall–Kier alpha value is -3.06. The van der Waals surface area contributed by atoms with Crippen molar-refractivity contribution >= 4 is 17.5 Å². The number of benzene rings is 2. The van der Waals surface area contributed by atoms with Crippen molar-refractivity contribution in [2.24, 2.45) is 0 Å². The lowest BCUT2D eigenvalue weighted by molar-refractivity contribution is -0.123. The molecule has 0 bridgehead atoms. The minimum Gasteiger partial charge on any atom is -0.484 e. The normalized spacial score (nSPS) is 20.1. The van der Waals surface area contributed by atoms with Crippen molar-refractivity contribution in [3.63, 3.8) is 0 Å². The Morgan fingerprint density at radius 1 is 0.763 bits per heavy atom. The Morgan fingerprint density at radius 2 is 1.42 bits per heavy atom. The second-order valence-electron chi connectivity index (χ2n) is 10.9. The molecule has 0 radical (unpaired) electrons. The van der Waals surface area contributed by atoms with E-state index in [0.717, 1.165) is 63.4 Å². The van der Waals surface area contributed by atoms with Gasteiger partial charge in [0, 0.05) is 57.0 Å². The summed E-state index contributed by atoms with van der Waals surface area (Å²) in [6.45, 7) is 5.23. The van der Waals surface area contributed by atoms with Crippen LogP contribution in [0.5, 0.6) is 5.75 Å². The van der Waals surface area contributed by atoms with Gasteiger partial charge in [-0.1, -0.05) is 56.0 Å². The van der Waals surface area contributed by atoms with Crippen molar-refractivity contribution in [1.82, 2.24) is 15.1 Å². The average Bonchev–Trinajstić information content (AvgIpc) is 3.27. The standard InChI is InChI=1S/C31H42N4O3/c36-30(24-38-27-12-6-3-7-13-27)32-25-16-18-34(19-17-25)29-15-9-8-14-28(29)31(37)35-22-20-33(21-23-35)26-10-4-1-2-5-11-26/h3,6-9,12-15,25-26H,1-2,4-5,10-11,16-24H2,(H,32,36). The second kappa shape index (κ2) is 13.1. The van der Waals surface area contributed by atoms with Crippen LogP contribution in [0.25, 0.3) is 0 Å². The van der Waals surface area contributed by atoms with Gasteiger partial charge in [-0.2, -0.15) is 0 Å². The van der Waals surface area contributed by atoms with Crippen molar-refractivity contribution in [2.45, 2.75) is 63.5 Å². The SMILES string of the molecule is O=C(COc1ccccc1)NC1CCN(c2ccccc2C(=O)N2CCN(C3CCCCCC3)CC2)CC1. The molecule has 2 amide bonds. The third-order valence-corrected chi connectivity index (χ3v) is 8.39. The van der Waals surface area contributed by atoms with Crippen molar-refractivity contribution < 1.29 is 14.3 Å². The number of rotatable bonds is 7. The van der Waals surface area contributed by atoms with Crippen LogP contribution in [-0.2, 0) is 4.79 Å². The summed E-state index contributed by atoms with van der Waals surface area (Å²) in [5.41, 5.74) is 1.81. The van der Waals surface area contributed by atoms with Crippen LogP contribution >= 0.6 is 0 Å². The number of nitrogens with zero attached hydrogens (tertiary/aromatic N) is 3. The molecule has 0 aromatic heterocycles. The summed E-state index contributed by atoms with van der Waals surface area (Å²) in [6.07, 6.45) is 9.76. The molecular weight excluding hydrogens is 476 g/mol. The van der Waals surface area contributed by atoms with Gasteiger partial charge in [0.1, 0.15) is 5.75 Å². The highest BCUT2D eigenvalue weighted by molar-refractivity contribution is 6.00. The van der Waals surface area contributed by atoms with Crippen LogP contribution in [0.4, 0.5) is 5.69 Å². The number of piperidine rings is 1. The Labute approximate surface area is 227 Å². The van der Waals surface area contributed by atoms with E-state index in [9.17, 15) is 9.59 Å². The number of piperazine rings is 1. The number of anilines is 1. The van der Waals surface area contributed by atoms with E-state index in [-0.39, 0.29) is 24.5 Å². The molecule has 7 nitrogen and oxygen atoms in total. The van der Waals surface area contributed by atoms with Crippen LogP contribution in [0.3, 0.4) is 0 Å². The molecule has 2 saturated heterocycles. The lowest BCUT2D eigenvalue weighted by Crippen LogP contribution is -2.52. The maximum absolute atomic E-state index is 13.6. The van der Waals surface area contributed by atoms with E-state index in [1.165, 1.54) is 38.5 Å². The molecule has 1 N–H and O–H groups in total. The molecule has 0 atom stereocenters. The predicted molar refractivity (Wildman–Crippen MR) is 151 cm³/mol. The van der Waals surface area contributed by atoms with Crippen molar-refractivity contribution in [3.05, 3.63) is 60.2 Å². The Morgan fingerprint density at radius 3 is 2.13 bits per heavy atom. The van der Waals surface area contributed by atoms with Crippen LogP contribution in [0.15, 0.2) is 54.6 Å². The fraction of sp³-hybridized carbons (Fsp3) is 0.548. The summed E-state index contributed by atoms with van der Waals surface area (Å²) in [4.78, 5) is 33.0. The van der Waals surface area contributed by atoms with Gasteiger partial charge in [-0.3, -0.25) is 14.5 Å². The molecule has 0 spiro atoms. The van der Waals surface area contributed by atoms with Gasteiger partial charge in [0.2, 0.25) is 0 Å². The Kier molecular flexibility index (Phi) is 9.18. The molecule has 2 aliphatic heterocycles. The predicted octanol–water partition coefficient (Wildman–Crippen LogP) is 4.33. The number of carbonyl (C=O) groups excluding carboxylic acids is 2. The van der Waals surface area contributed by atoms with E-state index in [2.05, 4.69) is 21.2 Å². The van der Waals surface area contributed by atoms with E-state index < -0.39 is 0 Å². The van der Waals surface area contributed by atoms with Gasteiger partial charge in [-0.05, 0) is 49.9 Å². The zero-order chi connectivity index (χ0) is 26.2. The minimum atomic E-state index is -0.0918. The number of hydrogen-bond donors (Lipinski definition) is 1. The summed E-state index contributed by atoms with van der Waals surface area (Å²) in [5, 5.41) is 3.11. The van der Waals surface area contributed by atoms with Gasteiger partial charge in [0.25, 0.3) is 11.8 Å². The zero-order valence-corrected chi connectivity index (χ0v) is 22.5. The first kappa shape index (κ1) is 26.5. The highest BCUT2D eigenvalue weighted by atomic mass is 16.5. The third kappa shape index (κ3) is 6.87. The molecule has 38 heavy (non-hydrogen) atoms. The van der Waals surface area contributed by atoms with E-state index in [0.29, 0.717) is 11.8 Å². The molecule has 1 aliphatic carbocycles. The van der Waals surface area contributed by atoms with Crippen molar-refractivity contribution in [1.29, 1.82) is 0 Å². The van der Waals surface area contributed by atoms with Gasteiger partial charge in [-0.15, -0.1) is 0 Å². The minimum absolute atomic E-state index is 0.0234. The molecule has 2 aromatic carbocycles. The van der Waals surface area contributed by atoms with Crippen LogP contribution in [0, 0.1) is 0 Å². The highest BCUT2D eigenvalue weighted by Crippen LogP contribution is 2.27. The smallest absolute Gasteiger partial charge is 0.258 e. The number of hydrogen-bond acceptors (Lipinski definition) is 5. The van der Waals surface area contributed by atoms with Crippen LogP contribution < -0.4 is 15.0 Å². The fourth-order valence-electron chi connectivity index (χ4n) is 6.21. The maximum atomic E-state index is 13.6. The van der Waals surface area contributed by atoms with Crippen LogP contribution in [-0.4, -0.2) is 79.6 Å². The molecule has 7 heteroatoms. The lowest BCUT2D eigenvalue weighted by Gasteiger charge is -2.40. The summed E-state index contributed by atoms with van der Waals surface area (Å²) >= 11 is 0. The molecule has 0 unspecified atom stereocenters. The molecule has 1 saturated carbocycles. The Bertz CT molecular complexity index is 1040. The largest absolute Gasteiger partial charge is 0.484 e. The van der Waals surface area contributed by atoms with E-state index in [4.69, 9.17) is 4.74 Å². The van der Waals surface area contributed by atoms with Crippen LogP contribution in [0.1, 0.15) is 61.7 Å². The zero-order valence-electron chi connectivity index (χ0n) is 22.5. The monoisotopic (exact) mass is 518 g/mol. The van der Waals surface area contributed by atoms with Crippen molar-refractivity contribution in [3.8, 4) is 5.75 Å². The van der Waals surface area contributed by atoms with Gasteiger partial charge >= 0.3 is 0 Å². The molecule has 3 aliphatic rings. The van der Waals surface area contributed by atoms with E-state index >= 15 is 0 Å². The number of ether oxygens (including phenoxy) is 1. The number of amides is 2. The summed E-state index contributed by atoms with van der Waals surface area (Å²) in [6, 6.07) is 18.3.